The highest BCUT2D eigenvalue weighted by atomic mass is 32.2. The molecule has 0 heterocycles. The van der Waals surface area contributed by atoms with E-state index >= 15 is 0 Å². The maximum Gasteiger partial charge on any atom is 0.238 e. The van der Waals surface area contributed by atoms with E-state index in [4.69, 9.17) is 5.14 Å². The molecule has 3 unspecified atom stereocenters. The molecular formula is C15H24N2O3S. The predicted molar refractivity (Wildman–Crippen MR) is 82.2 cm³/mol. The first-order chi connectivity index (χ1) is 9.91. The summed E-state index contributed by atoms with van der Waals surface area (Å²) in [6.07, 6.45) is 4.42. The average molecular weight is 312 g/mol. The molecule has 1 aliphatic carbocycles. The molecule has 1 aliphatic rings. The molecule has 0 saturated heterocycles. The van der Waals surface area contributed by atoms with Crippen LogP contribution in [0.15, 0.2) is 29.2 Å². The zero-order valence-electron chi connectivity index (χ0n) is 12.3. The Morgan fingerprint density at radius 2 is 2.10 bits per heavy atom. The third-order valence-corrected chi connectivity index (χ3v) is 5.21. The van der Waals surface area contributed by atoms with E-state index in [1.165, 1.54) is 12.5 Å². The Hall–Kier alpha value is -0.950. The van der Waals surface area contributed by atoms with Crippen LogP contribution >= 0.6 is 0 Å². The SMILES string of the molecule is CC(NC1CCCCC1CO)c1cccc(S(N)(=O)=O)c1. The number of rotatable bonds is 5. The number of hydrogen-bond acceptors (Lipinski definition) is 4. The summed E-state index contributed by atoms with van der Waals surface area (Å²) in [6, 6.07) is 7.01. The minimum Gasteiger partial charge on any atom is -0.396 e. The van der Waals surface area contributed by atoms with Gasteiger partial charge in [-0.3, -0.25) is 0 Å². The number of hydrogen-bond donors (Lipinski definition) is 3. The van der Waals surface area contributed by atoms with Crippen molar-refractivity contribution in [3.05, 3.63) is 29.8 Å². The van der Waals surface area contributed by atoms with Crippen LogP contribution in [0.5, 0.6) is 0 Å². The summed E-state index contributed by atoms with van der Waals surface area (Å²) in [5.41, 5.74) is 0.892. The molecule has 1 aromatic carbocycles. The van der Waals surface area contributed by atoms with E-state index in [0.717, 1.165) is 24.8 Å². The molecule has 5 nitrogen and oxygen atoms in total. The van der Waals surface area contributed by atoms with Crippen LogP contribution < -0.4 is 10.5 Å². The zero-order valence-corrected chi connectivity index (χ0v) is 13.1. The van der Waals surface area contributed by atoms with Crippen LogP contribution in [0.2, 0.25) is 0 Å². The van der Waals surface area contributed by atoms with Crippen molar-refractivity contribution in [1.29, 1.82) is 0 Å². The Kier molecular flexibility index (Phi) is 5.37. The third-order valence-electron chi connectivity index (χ3n) is 4.29. The van der Waals surface area contributed by atoms with E-state index in [2.05, 4.69) is 5.32 Å². The molecular weight excluding hydrogens is 288 g/mol. The number of benzene rings is 1. The fraction of sp³-hybridized carbons (Fsp3) is 0.600. The van der Waals surface area contributed by atoms with Crippen LogP contribution in [0.1, 0.15) is 44.2 Å². The molecule has 1 saturated carbocycles. The summed E-state index contributed by atoms with van der Waals surface area (Å²) in [5.74, 6) is 0.280. The first kappa shape index (κ1) is 16.4. The van der Waals surface area contributed by atoms with Crippen molar-refractivity contribution in [2.45, 2.75) is 49.6 Å². The molecule has 2 rings (SSSR count). The Bertz CT molecular complexity index is 574. The Balaban J connectivity index is 2.11. The second kappa shape index (κ2) is 6.87. The minimum atomic E-state index is -3.68. The molecule has 0 aromatic heterocycles. The lowest BCUT2D eigenvalue weighted by atomic mass is 9.84. The average Bonchev–Trinajstić information content (AvgIpc) is 2.47. The number of aliphatic hydroxyl groups excluding tert-OH is 1. The van der Waals surface area contributed by atoms with Crippen LogP contribution in [0, 0.1) is 5.92 Å². The molecule has 1 fully saturated rings. The van der Waals surface area contributed by atoms with Crippen LogP contribution in [0.4, 0.5) is 0 Å². The van der Waals surface area contributed by atoms with Gasteiger partial charge in [-0.2, -0.15) is 0 Å². The van der Waals surface area contributed by atoms with Crippen LogP contribution in [-0.4, -0.2) is 26.2 Å². The maximum atomic E-state index is 11.4. The normalized spacial score (nSPS) is 24.7. The molecule has 21 heavy (non-hydrogen) atoms. The van der Waals surface area contributed by atoms with E-state index in [0.29, 0.717) is 0 Å². The zero-order chi connectivity index (χ0) is 15.5. The van der Waals surface area contributed by atoms with Gasteiger partial charge in [-0.15, -0.1) is 0 Å². The van der Waals surface area contributed by atoms with Gasteiger partial charge < -0.3 is 10.4 Å². The molecule has 118 valence electrons. The van der Waals surface area contributed by atoms with E-state index in [1.807, 2.05) is 13.0 Å². The second-order valence-corrected chi connectivity index (χ2v) is 7.40. The van der Waals surface area contributed by atoms with Gasteiger partial charge in [0.15, 0.2) is 0 Å². The van der Waals surface area contributed by atoms with Crippen LogP contribution in [-0.2, 0) is 10.0 Å². The van der Waals surface area contributed by atoms with Gasteiger partial charge in [0.05, 0.1) is 4.90 Å². The molecule has 0 aliphatic heterocycles. The summed E-state index contributed by atoms with van der Waals surface area (Å²) in [7, 11) is -3.68. The molecule has 3 atom stereocenters. The first-order valence-electron chi connectivity index (χ1n) is 7.41. The predicted octanol–water partition coefficient (Wildman–Crippen LogP) is 1.54. The van der Waals surface area contributed by atoms with Crippen molar-refractivity contribution in [3.63, 3.8) is 0 Å². The van der Waals surface area contributed by atoms with Crippen molar-refractivity contribution < 1.29 is 13.5 Å². The standard InChI is InChI=1S/C15H24N2O3S/c1-11(17-15-8-3-2-5-13(15)10-18)12-6-4-7-14(9-12)21(16,19)20/h4,6-7,9,11,13,15,17-18H,2-3,5,8,10H2,1H3,(H2,16,19,20). The molecule has 0 bridgehead atoms. The quantitative estimate of drug-likeness (QED) is 0.769. The Morgan fingerprint density at radius 3 is 2.76 bits per heavy atom. The van der Waals surface area contributed by atoms with Gasteiger partial charge in [-0.25, -0.2) is 13.6 Å². The Labute approximate surface area is 126 Å². The van der Waals surface area contributed by atoms with Gasteiger partial charge in [0, 0.05) is 18.7 Å². The number of sulfonamides is 1. The van der Waals surface area contributed by atoms with Crippen molar-refractivity contribution in [2.24, 2.45) is 11.1 Å². The lowest BCUT2D eigenvalue weighted by molar-refractivity contribution is 0.147. The lowest BCUT2D eigenvalue weighted by Gasteiger charge is -2.33. The number of aliphatic hydroxyl groups is 1. The lowest BCUT2D eigenvalue weighted by Crippen LogP contribution is -2.41. The number of nitrogens with two attached hydrogens (primary N) is 1. The van der Waals surface area contributed by atoms with Gasteiger partial charge in [-0.05, 0) is 43.4 Å². The molecule has 0 spiro atoms. The molecule has 0 amide bonds. The van der Waals surface area contributed by atoms with E-state index in [9.17, 15) is 13.5 Å². The van der Waals surface area contributed by atoms with E-state index in [-0.39, 0.29) is 29.5 Å². The van der Waals surface area contributed by atoms with Gasteiger partial charge >= 0.3 is 0 Å². The monoisotopic (exact) mass is 312 g/mol. The summed E-state index contributed by atoms with van der Waals surface area (Å²) in [5, 5.41) is 18.2. The van der Waals surface area contributed by atoms with Gasteiger partial charge in [0.2, 0.25) is 10.0 Å². The molecule has 4 N–H and O–H groups in total. The molecule has 0 radical (unpaired) electrons. The molecule has 6 heteroatoms. The molecule has 1 aromatic rings. The van der Waals surface area contributed by atoms with Gasteiger partial charge in [-0.1, -0.05) is 25.0 Å². The summed E-state index contributed by atoms with van der Waals surface area (Å²) >= 11 is 0. The third kappa shape index (κ3) is 4.26. The summed E-state index contributed by atoms with van der Waals surface area (Å²) < 4.78 is 22.8. The largest absolute Gasteiger partial charge is 0.396 e. The Morgan fingerprint density at radius 1 is 1.38 bits per heavy atom. The first-order valence-corrected chi connectivity index (χ1v) is 8.96. The number of primary sulfonamides is 1. The van der Waals surface area contributed by atoms with Crippen molar-refractivity contribution in [3.8, 4) is 0 Å². The van der Waals surface area contributed by atoms with E-state index in [1.54, 1.807) is 12.1 Å². The summed E-state index contributed by atoms with van der Waals surface area (Å²) in [4.78, 5) is 0.135. The van der Waals surface area contributed by atoms with E-state index < -0.39 is 10.0 Å². The van der Waals surface area contributed by atoms with Crippen molar-refractivity contribution in [2.75, 3.05) is 6.61 Å². The fourth-order valence-electron chi connectivity index (χ4n) is 3.02. The van der Waals surface area contributed by atoms with Gasteiger partial charge in [0.1, 0.15) is 0 Å². The van der Waals surface area contributed by atoms with Gasteiger partial charge in [0.25, 0.3) is 0 Å². The minimum absolute atomic E-state index is 0.0175. The van der Waals surface area contributed by atoms with Crippen molar-refractivity contribution in [1.82, 2.24) is 5.32 Å². The topological polar surface area (TPSA) is 92.4 Å². The van der Waals surface area contributed by atoms with Crippen molar-refractivity contribution >= 4 is 10.0 Å². The smallest absolute Gasteiger partial charge is 0.238 e. The maximum absolute atomic E-state index is 11.4. The highest BCUT2D eigenvalue weighted by Gasteiger charge is 2.25. The van der Waals surface area contributed by atoms with Crippen LogP contribution in [0.25, 0.3) is 0 Å². The second-order valence-electron chi connectivity index (χ2n) is 5.84. The highest BCUT2D eigenvalue weighted by Crippen LogP contribution is 2.27. The summed E-state index contributed by atoms with van der Waals surface area (Å²) in [6.45, 7) is 2.20. The van der Waals surface area contributed by atoms with Crippen LogP contribution in [0.3, 0.4) is 0 Å². The number of nitrogens with one attached hydrogen (secondary N) is 1. The highest BCUT2D eigenvalue weighted by molar-refractivity contribution is 7.89. The fourth-order valence-corrected chi connectivity index (χ4v) is 3.59.